The fraction of sp³-hybridized carbons (Fsp3) is 0.923. The Bertz CT molecular complexity index is 394. The van der Waals surface area contributed by atoms with Gasteiger partial charge in [-0.1, -0.05) is 13.8 Å². The van der Waals surface area contributed by atoms with E-state index in [1.54, 1.807) is 7.11 Å². The minimum Gasteiger partial charge on any atom is -0.376 e. The molecule has 0 aromatic carbocycles. The van der Waals surface area contributed by atoms with E-state index in [-0.39, 0.29) is 11.6 Å². The zero-order valence-electron chi connectivity index (χ0n) is 12.4. The molecule has 6 heteroatoms. The minimum atomic E-state index is -0.0537. The first-order valence-electron chi connectivity index (χ1n) is 7.11. The molecular weight excluding hydrogens is 242 g/mol. The van der Waals surface area contributed by atoms with Gasteiger partial charge in [-0.3, -0.25) is 0 Å². The zero-order valence-corrected chi connectivity index (χ0v) is 12.4. The number of hydrogen-bond acceptors (Lipinski definition) is 5. The topological polar surface area (TPSA) is 64.9 Å². The molecule has 2 rings (SSSR count). The second-order valence-corrected chi connectivity index (χ2v) is 5.96. The summed E-state index contributed by atoms with van der Waals surface area (Å²) >= 11 is 0. The average Bonchev–Trinajstić information content (AvgIpc) is 2.78. The molecule has 0 saturated heterocycles. The molecule has 1 atom stereocenters. The lowest BCUT2D eigenvalue weighted by atomic mass is 9.80. The molecule has 1 unspecified atom stereocenters. The Labute approximate surface area is 114 Å². The Balaban J connectivity index is 2.00. The zero-order chi connectivity index (χ0) is 13.9. The number of nitrogens with one attached hydrogen (secondary N) is 1. The van der Waals surface area contributed by atoms with Gasteiger partial charge in [0.1, 0.15) is 0 Å². The van der Waals surface area contributed by atoms with E-state index < -0.39 is 0 Å². The van der Waals surface area contributed by atoms with Crippen molar-refractivity contribution in [2.45, 2.75) is 58.2 Å². The molecule has 0 amide bonds. The molecule has 6 nitrogen and oxygen atoms in total. The summed E-state index contributed by atoms with van der Waals surface area (Å²) in [5, 5.41) is 15.5. The summed E-state index contributed by atoms with van der Waals surface area (Å²) in [5.74, 6) is 1.51. The summed E-state index contributed by atoms with van der Waals surface area (Å²) in [4.78, 5) is 0. The van der Waals surface area contributed by atoms with Gasteiger partial charge in [0.2, 0.25) is 0 Å². The molecule has 0 bridgehead atoms. The molecule has 0 aliphatic heterocycles. The van der Waals surface area contributed by atoms with Gasteiger partial charge in [0, 0.05) is 7.11 Å². The van der Waals surface area contributed by atoms with Crippen LogP contribution in [-0.2, 0) is 11.3 Å². The van der Waals surface area contributed by atoms with Crippen LogP contribution in [0.3, 0.4) is 0 Å². The average molecular weight is 267 g/mol. The molecule has 1 fully saturated rings. The Morgan fingerprint density at radius 1 is 1.37 bits per heavy atom. The normalized spacial score (nSPS) is 19.4. The molecule has 1 aromatic rings. The SMILES string of the molecule is COC1(Cn2nnnc2C(C)NCC(C)C)CCC1. The summed E-state index contributed by atoms with van der Waals surface area (Å²) in [6.45, 7) is 8.20. The van der Waals surface area contributed by atoms with Crippen molar-refractivity contribution in [2.75, 3.05) is 13.7 Å². The summed E-state index contributed by atoms with van der Waals surface area (Å²) in [6, 6.07) is 0.159. The molecule has 1 saturated carbocycles. The highest BCUT2D eigenvalue weighted by atomic mass is 16.5. The van der Waals surface area contributed by atoms with Crippen LogP contribution >= 0.6 is 0 Å². The Kier molecular flexibility index (Phi) is 4.52. The van der Waals surface area contributed by atoms with Crippen molar-refractivity contribution in [1.82, 2.24) is 25.5 Å². The van der Waals surface area contributed by atoms with Crippen LogP contribution in [0, 0.1) is 5.92 Å². The number of nitrogens with zero attached hydrogens (tertiary/aromatic N) is 4. The van der Waals surface area contributed by atoms with Crippen LogP contribution in [-0.4, -0.2) is 39.5 Å². The number of rotatable bonds is 7. The first-order valence-corrected chi connectivity index (χ1v) is 7.11. The Morgan fingerprint density at radius 3 is 2.63 bits per heavy atom. The van der Waals surface area contributed by atoms with Crippen LogP contribution in [0.4, 0.5) is 0 Å². The van der Waals surface area contributed by atoms with Crippen LogP contribution in [0.25, 0.3) is 0 Å². The third-order valence-electron chi connectivity index (χ3n) is 3.91. The Morgan fingerprint density at radius 2 is 2.11 bits per heavy atom. The molecule has 0 spiro atoms. The van der Waals surface area contributed by atoms with Crippen molar-refractivity contribution in [3.63, 3.8) is 0 Å². The smallest absolute Gasteiger partial charge is 0.168 e. The van der Waals surface area contributed by atoms with E-state index >= 15 is 0 Å². The molecule has 1 aliphatic rings. The van der Waals surface area contributed by atoms with Gasteiger partial charge in [-0.2, -0.15) is 0 Å². The molecule has 1 heterocycles. The molecule has 19 heavy (non-hydrogen) atoms. The van der Waals surface area contributed by atoms with Gasteiger partial charge in [0.05, 0.1) is 18.2 Å². The van der Waals surface area contributed by atoms with Crippen molar-refractivity contribution >= 4 is 0 Å². The van der Waals surface area contributed by atoms with Crippen LogP contribution in [0.5, 0.6) is 0 Å². The van der Waals surface area contributed by atoms with E-state index in [9.17, 15) is 0 Å². The first kappa shape index (κ1) is 14.4. The molecule has 1 aliphatic carbocycles. The monoisotopic (exact) mass is 267 g/mol. The fourth-order valence-corrected chi connectivity index (χ4v) is 2.41. The van der Waals surface area contributed by atoms with E-state index in [4.69, 9.17) is 4.74 Å². The minimum absolute atomic E-state index is 0.0537. The van der Waals surface area contributed by atoms with Gasteiger partial charge in [-0.25, -0.2) is 4.68 Å². The van der Waals surface area contributed by atoms with E-state index in [1.165, 1.54) is 6.42 Å². The molecule has 108 valence electrons. The molecule has 1 aromatic heterocycles. The lowest BCUT2D eigenvalue weighted by Gasteiger charge is -2.40. The number of tetrazole rings is 1. The van der Waals surface area contributed by atoms with Crippen molar-refractivity contribution in [3.8, 4) is 0 Å². The third-order valence-corrected chi connectivity index (χ3v) is 3.91. The summed E-state index contributed by atoms with van der Waals surface area (Å²) in [5.41, 5.74) is -0.0537. The highest BCUT2D eigenvalue weighted by Crippen LogP contribution is 2.36. The predicted octanol–water partition coefficient (Wildman–Crippen LogP) is 1.55. The van der Waals surface area contributed by atoms with Crippen LogP contribution < -0.4 is 5.32 Å². The predicted molar refractivity (Wildman–Crippen MR) is 72.7 cm³/mol. The third kappa shape index (κ3) is 3.30. The first-order chi connectivity index (χ1) is 9.06. The van der Waals surface area contributed by atoms with Crippen LogP contribution in [0.1, 0.15) is 51.9 Å². The van der Waals surface area contributed by atoms with Crippen molar-refractivity contribution in [2.24, 2.45) is 5.92 Å². The van der Waals surface area contributed by atoms with Crippen molar-refractivity contribution < 1.29 is 4.74 Å². The second-order valence-electron chi connectivity index (χ2n) is 5.96. The standard InChI is InChI=1S/C13H25N5O/c1-10(2)8-14-11(3)12-15-16-17-18(12)9-13(19-4)6-5-7-13/h10-11,14H,5-9H2,1-4H3. The van der Waals surface area contributed by atoms with E-state index in [0.29, 0.717) is 5.92 Å². The largest absolute Gasteiger partial charge is 0.376 e. The van der Waals surface area contributed by atoms with Gasteiger partial charge in [0.25, 0.3) is 0 Å². The number of methoxy groups -OCH3 is 1. The van der Waals surface area contributed by atoms with Gasteiger partial charge >= 0.3 is 0 Å². The lowest BCUT2D eigenvalue weighted by molar-refractivity contribution is -0.0865. The van der Waals surface area contributed by atoms with Crippen molar-refractivity contribution in [3.05, 3.63) is 5.82 Å². The maximum absolute atomic E-state index is 5.64. The number of hydrogen-bond donors (Lipinski definition) is 1. The highest BCUT2D eigenvalue weighted by molar-refractivity contribution is 4.95. The maximum Gasteiger partial charge on any atom is 0.168 e. The molecular formula is C13H25N5O. The molecule has 1 N–H and O–H groups in total. The summed E-state index contributed by atoms with van der Waals surface area (Å²) < 4.78 is 7.53. The van der Waals surface area contributed by atoms with E-state index in [0.717, 1.165) is 31.8 Å². The van der Waals surface area contributed by atoms with Crippen molar-refractivity contribution in [1.29, 1.82) is 0 Å². The van der Waals surface area contributed by atoms with Gasteiger partial charge in [0.15, 0.2) is 5.82 Å². The number of ether oxygens (including phenoxy) is 1. The van der Waals surface area contributed by atoms with Crippen LogP contribution in [0.15, 0.2) is 0 Å². The Hall–Kier alpha value is -1.01. The van der Waals surface area contributed by atoms with Gasteiger partial charge in [-0.05, 0) is 49.1 Å². The van der Waals surface area contributed by atoms with Gasteiger partial charge in [-0.15, -0.1) is 5.10 Å². The quantitative estimate of drug-likeness (QED) is 0.812. The van der Waals surface area contributed by atoms with Gasteiger partial charge < -0.3 is 10.1 Å². The van der Waals surface area contributed by atoms with E-state index in [2.05, 4.69) is 41.6 Å². The van der Waals surface area contributed by atoms with E-state index in [1.807, 2.05) is 4.68 Å². The highest BCUT2D eigenvalue weighted by Gasteiger charge is 2.38. The summed E-state index contributed by atoms with van der Waals surface area (Å²) in [6.07, 6.45) is 3.42. The number of aromatic nitrogens is 4. The fourth-order valence-electron chi connectivity index (χ4n) is 2.41. The maximum atomic E-state index is 5.64. The summed E-state index contributed by atoms with van der Waals surface area (Å²) in [7, 11) is 1.78. The molecule has 0 radical (unpaired) electrons. The van der Waals surface area contributed by atoms with Crippen LogP contribution in [0.2, 0.25) is 0 Å². The second kappa shape index (κ2) is 5.96. The lowest BCUT2D eigenvalue weighted by Crippen LogP contribution is -2.44.